The molecule has 1 heterocycles. The smallest absolute Gasteiger partial charge is 0.270 e. The van der Waals surface area contributed by atoms with E-state index in [1.165, 1.54) is 12.8 Å². The number of nitrogens with one attached hydrogen (secondary N) is 1. The third kappa shape index (κ3) is 5.95. The zero-order valence-electron chi connectivity index (χ0n) is 11.8. The van der Waals surface area contributed by atoms with Crippen LogP contribution in [0.25, 0.3) is 0 Å². The minimum atomic E-state index is -0.0997. The summed E-state index contributed by atoms with van der Waals surface area (Å²) in [7, 11) is 0. The summed E-state index contributed by atoms with van der Waals surface area (Å²) in [4.78, 5) is 16.2. The van der Waals surface area contributed by atoms with E-state index in [1.54, 1.807) is 11.3 Å². The second kappa shape index (κ2) is 8.82. The standard InChI is InChI=1S/C13H21N3OS.2ClH/c1-8(2)5-12-16-11(7-18-12)13(17)15-6-10(14)9-3-4-9;;/h7-10H,3-6,14H2,1-2H3,(H,15,17);2*1H. The van der Waals surface area contributed by atoms with Crippen LogP contribution < -0.4 is 11.1 Å². The lowest BCUT2D eigenvalue weighted by Crippen LogP contribution is -2.38. The molecular weight excluding hydrogens is 317 g/mol. The fraction of sp³-hybridized carbons (Fsp3) is 0.692. The Morgan fingerprint density at radius 2 is 2.15 bits per heavy atom. The van der Waals surface area contributed by atoms with E-state index in [4.69, 9.17) is 5.73 Å². The lowest BCUT2D eigenvalue weighted by Gasteiger charge is -2.10. The summed E-state index contributed by atoms with van der Waals surface area (Å²) in [5, 5.41) is 5.73. The van der Waals surface area contributed by atoms with E-state index in [0.717, 1.165) is 11.4 Å². The average molecular weight is 340 g/mol. The number of nitrogens with two attached hydrogens (primary N) is 1. The SMILES string of the molecule is CC(C)Cc1nc(C(=O)NCC(N)C2CC2)cs1.Cl.Cl. The molecule has 0 spiro atoms. The van der Waals surface area contributed by atoms with Crippen LogP contribution in [0.4, 0.5) is 0 Å². The predicted molar refractivity (Wildman–Crippen MR) is 88.2 cm³/mol. The van der Waals surface area contributed by atoms with E-state index in [1.807, 2.05) is 5.38 Å². The Balaban J connectivity index is 0.00000180. The number of halogens is 2. The summed E-state index contributed by atoms with van der Waals surface area (Å²) in [6, 6.07) is 0.0997. The van der Waals surface area contributed by atoms with Gasteiger partial charge in [0.15, 0.2) is 0 Å². The van der Waals surface area contributed by atoms with Gasteiger partial charge in [-0.3, -0.25) is 4.79 Å². The molecule has 1 atom stereocenters. The van der Waals surface area contributed by atoms with Crippen LogP contribution in [0.1, 0.15) is 42.2 Å². The van der Waals surface area contributed by atoms with Crippen LogP contribution in [0.5, 0.6) is 0 Å². The molecule has 0 radical (unpaired) electrons. The summed E-state index contributed by atoms with van der Waals surface area (Å²) in [5.74, 6) is 1.07. The minimum absolute atomic E-state index is 0. The first-order valence-electron chi connectivity index (χ1n) is 6.54. The maximum absolute atomic E-state index is 11.9. The summed E-state index contributed by atoms with van der Waals surface area (Å²) >= 11 is 1.56. The van der Waals surface area contributed by atoms with Crippen LogP contribution in [0.15, 0.2) is 5.38 Å². The van der Waals surface area contributed by atoms with Gasteiger partial charge >= 0.3 is 0 Å². The number of carbonyl (C=O) groups excluding carboxylic acids is 1. The highest BCUT2D eigenvalue weighted by atomic mass is 35.5. The van der Waals surface area contributed by atoms with Crippen LogP contribution in [-0.2, 0) is 6.42 Å². The third-order valence-electron chi connectivity index (χ3n) is 3.09. The molecule has 1 aromatic heterocycles. The average Bonchev–Trinajstić information content (AvgIpc) is 3.06. The Labute approximate surface area is 136 Å². The summed E-state index contributed by atoms with van der Waals surface area (Å²) in [5.41, 5.74) is 6.47. The molecule has 1 fully saturated rings. The molecular formula is C13H23Cl2N3OS. The van der Waals surface area contributed by atoms with Crippen molar-refractivity contribution in [1.29, 1.82) is 0 Å². The number of carbonyl (C=O) groups is 1. The zero-order valence-corrected chi connectivity index (χ0v) is 14.2. The van der Waals surface area contributed by atoms with Crippen LogP contribution in [0.2, 0.25) is 0 Å². The quantitative estimate of drug-likeness (QED) is 0.837. The molecule has 1 unspecified atom stereocenters. The maximum Gasteiger partial charge on any atom is 0.270 e. The topological polar surface area (TPSA) is 68.0 Å². The second-order valence-corrected chi connectivity index (χ2v) is 6.38. The van der Waals surface area contributed by atoms with Crippen molar-refractivity contribution in [3.8, 4) is 0 Å². The molecule has 1 aliphatic rings. The third-order valence-corrected chi connectivity index (χ3v) is 3.96. The molecule has 1 saturated carbocycles. The number of aromatic nitrogens is 1. The summed E-state index contributed by atoms with van der Waals surface area (Å²) in [6.45, 7) is 4.85. The van der Waals surface area contributed by atoms with Gasteiger partial charge in [-0.05, 0) is 24.7 Å². The molecule has 0 aliphatic heterocycles. The van der Waals surface area contributed by atoms with E-state index in [2.05, 4.69) is 24.1 Å². The normalized spacial score (nSPS) is 15.2. The molecule has 0 saturated heterocycles. The van der Waals surface area contributed by atoms with E-state index in [0.29, 0.717) is 24.1 Å². The first-order chi connectivity index (χ1) is 8.56. The van der Waals surface area contributed by atoms with Crippen LogP contribution in [0, 0.1) is 11.8 Å². The van der Waals surface area contributed by atoms with Crippen molar-refractivity contribution in [2.45, 2.75) is 39.2 Å². The summed E-state index contributed by atoms with van der Waals surface area (Å²) < 4.78 is 0. The molecule has 3 N–H and O–H groups in total. The Kier molecular flexibility index (Phi) is 8.66. The van der Waals surface area contributed by atoms with E-state index < -0.39 is 0 Å². The molecule has 20 heavy (non-hydrogen) atoms. The van der Waals surface area contributed by atoms with Gasteiger partial charge in [-0.15, -0.1) is 36.2 Å². The Morgan fingerprint density at radius 1 is 1.50 bits per heavy atom. The highest BCUT2D eigenvalue weighted by Crippen LogP contribution is 2.31. The predicted octanol–water partition coefficient (Wildman–Crippen LogP) is 2.65. The van der Waals surface area contributed by atoms with Crippen molar-refractivity contribution < 1.29 is 4.79 Å². The number of rotatable bonds is 6. The highest BCUT2D eigenvalue weighted by Gasteiger charge is 2.28. The van der Waals surface area contributed by atoms with E-state index >= 15 is 0 Å². The minimum Gasteiger partial charge on any atom is -0.349 e. The molecule has 7 heteroatoms. The van der Waals surface area contributed by atoms with Gasteiger partial charge in [0.25, 0.3) is 5.91 Å². The molecule has 4 nitrogen and oxygen atoms in total. The van der Waals surface area contributed by atoms with Gasteiger partial charge in [0.1, 0.15) is 5.69 Å². The fourth-order valence-electron chi connectivity index (χ4n) is 1.85. The molecule has 1 aromatic rings. The van der Waals surface area contributed by atoms with Crippen molar-refractivity contribution >= 4 is 42.1 Å². The Morgan fingerprint density at radius 3 is 2.70 bits per heavy atom. The van der Waals surface area contributed by atoms with Crippen molar-refractivity contribution in [3.63, 3.8) is 0 Å². The van der Waals surface area contributed by atoms with Gasteiger partial charge in [0, 0.05) is 24.4 Å². The lowest BCUT2D eigenvalue weighted by atomic mass is 10.1. The van der Waals surface area contributed by atoms with Crippen LogP contribution >= 0.6 is 36.2 Å². The first kappa shape index (κ1) is 19.6. The van der Waals surface area contributed by atoms with Crippen molar-refractivity contribution in [3.05, 3.63) is 16.1 Å². The maximum atomic E-state index is 11.9. The monoisotopic (exact) mass is 339 g/mol. The van der Waals surface area contributed by atoms with Crippen molar-refractivity contribution in [1.82, 2.24) is 10.3 Å². The molecule has 0 bridgehead atoms. The van der Waals surface area contributed by atoms with Gasteiger partial charge < -0.3 is 11.1 Å². The van der Waals surface area contributed by atoms with Gasteiger partial charge in [0.05, 0.1) is 5.01 Å². The van der Waals surface area contributed by atoms with Gasteiger partial charge in [-0.1, -0.05) is 13.8 Å². The fourth-order valence-corrected chi connectivity index (χ4v) is 2.84. The molecule has 116 valence electrons. The van der Waals surface area contributed by atoms with Crippen LogP contribution in [0.3, 0.4) is 0 Å². The largest absolute Gasteiger partial charge is 0.349 e. The zero-order chi connectivity index (χ0) is 13.1. The molecule has 2 rings (SSSR count). The number of hydrogen-bond donors (Lipinski definition) is 2. The van der Waals surface area contributed by atoms with Crippen molar-refractivity contribution in [2.24, 2.45) is 17.6 Å². The number of amides is 1. The Hall–Kier alpha value is -0.360. The van der Waals surface area contributed by atoms with Gasteiger partial charge in [0.2, 0.25) is 0 Å². The van der Waals surface area contributed by atoms with Gasteiger partial charge in [-0.2, -0.15) is 0 Å². The first-order valence-corrected chi connectivity index (χ1v) is 7.42. The van der Waals surface area contributed by atoms with Crippen molar-refractivity contribution in [2.75, 3.05) is 6.54 Å². The molecule has 1 amide bonds. The number of hydrogen-bond acceptors (Lipinski definition) is 4. The van der Waals surface area contributed by atoms with E-state index in [-0.39, 0.29) is 36.8 Å². The number of nitrogens with zero attached hydrogens (tertiary/aromatic N) is 1. The molecule has 0 aromatic carbocycles. The molecule has 1 aliphatic carbocycles. The summed E-state index contributed by atoms with van der Waals surface area (Å²) in [6.07, 6.45) is 3.33. The highest BCUT2D eigenvalue weighted by molar-refractivity contribution is 7.09. The van der Waals surface area contributed by atoms with Crippen LogP contribution in [-0.4, -0.2) is 23.5 Å². The van der Waals surface area contributed by atoms with Gasteiger partial charge in [-0.25, -0.2) is 4.98 Å². The second-order valence-electron chi connectivity index (χ2n) is 5.44. The number of thiazole rings is 1. The van der Waals surface area contributed by atoms with E-state index in [9.17, 15) is 4.79 Å². The lowest BCUT2D eigenvalue weighted by molar-refractivity contribution is 0.0946. The Bertz CT molecular complexity index is 422.